The van der Waals surface area contributed by atoms with Crippen LogP contribution in [0.25, 0.3) is 0 Å². The van der Waals surface area contributed by atoms with Crippen molar-refractivity contribution in [2.75, 3.05) is 0 Å². The summed E-state index contributed by atoms with van der Waals surface area (Å²) >= 11 is 0. The lowest BCUT2D eigenvalue weighted by Crippen LogP contribution is -2.14. The van der Waals surface area contributed by atoms with E-state index in [0.29, 0.717) is 5.57 Å². The molecule has 0 atom stereocenters. The summed E-state index contributed by atoms with van der Waals surface area (Å²) in [6.45, 7) is 5.66. The average Bonchev–Trinajstić information content (AvgIpc) is 1.60. The summed E-state index contributed by atoms with van der Waals surface area (Å²) < 4.78 is 0. The molecule has 3 heteroatoms. The number of carboxylic acid groups (broad SMARTS) is 1. The van der Waals surface area contributed by atoms with Crippen LogP contribution in [-0.2, 0) is 4.79 Å². The van der Waals surface area contributed by atoms with Crippen molar-refractivity contribution in [1.82, 2.24) is 0 Å². The zero-order valence-corrected chi connectivity index (χ0v) is 8.93. The number of carboxylic acids is 1. The van der Waals surface area contributed by atoms with Crippen LogP contribution in [-0.4, -0.2) is 21.3 Å². The van der Waals surface area contributed by atoms with Crippen LogP contribution in [0.15, 0.2) is 11.6 Å². The summed E-state index contributed by atoms with van der Waals surface area (Å²) in [6, 6.07) is 0. The molecule has 0 aromatic heterocycles. The van der Waals surface area contributed by atoms with E-state index in [1.807, 2.05) is 13.8 Å². The first kappa shape index (κ1) is 9.43. The largest absolute Gasteiger partial charge is 0.478 e. The fraction of sp³-hybridized carbons (Fsp3) is 0.571. The molecule has 1 N–H and O–H groups in total. The maximum atomic E-state index is 10.5. The van der Waals surface area contributed by atoms with Gasteiger partial charge < -0.3 is 5.11 Å². The lowest BCUT2D eigenvalue weighted by Gasteiger charge is -2.18. The molecule has 0 amide bonds. The molecule has 0 saturated heterocycles. The van der Waals surface area contributed by atoms with E-state index in [1.165, 1.54) is 0 Å². The van der Waals surface area contributed by atoms with Gasteiger partial charge in [-0.05, 0) is 12.0 Å². The molecule has 2 nitrogen and oxygen atoms in total. The number of hydrogen-bond donors (Lipinski definition) is 1. The van der Waals surface area contributed by atoms with Crippen LogP contribution in [0, 0.1) is 0 Å². The van der Waals surface area contributed by atoms with Crippen LogP contribution in [0.2, 0.25) is 5.04 Å². The van der Waals surface area contributed by atoms with Crippen LogP contribution in [0.1, 0.15) is 20.8 Å². The van der Waals surface area contributed by atoms with Crippen molar-refractivity contribution < 1.29 is 9.90 Å². The van der Waals surface area contributed by atoms with Gasteiger partial charge in [0.15, 0.2) is 0 Å². The molecule has 0 fully saturated rings. The minimum atomic E-state index is -0.789. The Labute approximate surface area is 64.4 Å². The lowest BCUT2D eigenvalue weighted by atomic mass is 10.0. The molecule has 0 heterocycles. The van der Waals surface area contributed by atoms with Gasteiger partial charge in [0.05, 0.1) is 0 Å². The molecule has 0 aliphatic rings. The summed E-state index contributed by atoms with van der Waals surface area (Å²) in [5.74, 6) is -0.789. The van der Waals surface area contributed by atoms with Gasteiger partial charge in [-0.25, -0.2) is 4.79 Å². The van der Waals surface area contributed by atoms with E-state index in [-0.39, 0.29) is 5.04 Å². The van der Waals surface area contributed by atoms with Gasteiger partial charge in [-0.2, -0.15) is 0 Å². The number of allylic oxidation sites excluding steroid dienone is 1. The highest BCUT2D eigenvalue weighted by Gasteiger charge is 2.21. The Balaban J connectivity index is 4.56. The quantitative estimate of drug-likeness (QED) is 0.471. The van der Waals surface area contributed by atoms with Crippen molar-refractivity contribution in [2.24, 2.45) is 0 Å². The molecule has 0 aromatic rings. The normalized spacial score (nSPS) is 13.7. The first-order chi connectivity index (χ1) is 4.39. The Bertz CT molecular complexity index is 165. The van der Waals surface area contributed by atoms with Crippen molar-refractivity contribution in [3.63, 3.8) is 0 Å². The highest BCUT2D eigenvalue weighted by Crippen LogP contribution is 2.29. The third kappa shape index (κ3) is 2.35. The molecule has 0 spiro atoms. The fourth-order valence-corrected chi connectivity index (χ4v) is 1.38. The van der Waals surface area contributed by atoms with Gasteiger partial charge in [-0.3, -0.25) is 0 Å². The van der Waals surface area contributed by atoms with Crippen LogP contribution in [0.5, 0.6) is 0 Å². The molecular formula is C7H14O2Si. The Kier molecular flexibility index (Phi) is 2.84. The van der Waals surface area contributed by atoms with Crippen molar-refractivity contribution in [1.29, 1.82) is 0 Å². The maximum Gasteiger partial charge on any atom is 0.331 e. The van der Waals surface area contributed by atoms with Crippen LogP contribution in [0.3, 0.4) is 0 Å². The number of rotatable bonds is 2. The molecular weight excluding hydrogens is 144 g/mol. The summed E-state index contributed by atoms with van der Waals surface area (Å²) in [6.07, 6.45) is 1.68. The third-order valence-corrected chi connectivity index (χ3v) is 1.87. The monoisotopic (exact) mass is 158 g/mol. The molecule has 0 bridgehead atoms. The first-order valence-corrected chi connectivity index (χ1v) is 4.29. The number of hydrogen-bond acceptors (Lipinski definition) is 1. The molecule has 0 aliphatic carbocycles. The zero-order valence-electron chi connectivity index (χ0n) is 6.93. The molecule has 0 rings (SSSR count). The second kappa shape index (κ2) is 3.01. The van der Waals surface area contributed by atoms with Gasteiger partial charge in [0, 0.05) is 15.8 Å². The first-order valence-electron chi connectivity index (χ1n) is 3.29. The average molecular weight is 158 g/mol. The minimum absolute atomic E-state index is 0.111. The molecule has 58 valence electrons. The summed E-state index contributed by atoms with van der Waals surface area (Å²) in [5, 5.41) is 8.55. The maximum absolute atomic E-state index is 10.5. The van der Waals surface area contributed by atoms with E-state index in [4.69, 9.17) is 5.11 Å². The van der Waals surface area contributed by atoms with Gasteiger partial charge in [0.1, 0.15) is 0 Å². The minimum Gasteiger partial charge on any atom is -0.478 e. The van der Waals surface area contributed by atoms with Crippen molar-refractivity contribution in [2.45, 2.75) is 25.8 Å². The summed E-state index contributed by atoms with van der Waals surface area (Å²) in [4.78, 5) is 10.5. The second-order valence-corrected chi connectivity index (χ2v) is 5.76. The van der Waals surface area contributed by atoms with E-state index >= 15 is 0 Å². The molecule has 0 aromatic carbocycles. The number of carbonyl (C=O) groups is 1. The predicted molar refractivity (Wildman–Crippen MR) is 45.4 cm³/mol. The SMILES string of the molecule is CC=C(C(=O)O)C(C)(C)[SiH3]. The zero-order chi connectivity index (χ0) is 8.36. The van der Waals surface area contributed by atoms with Crippen LogP contribution < -0.4 is 0 Å². The molecule has 0 radical (unpaired) electrons. The van der Waals surface area contributed by atoms with Crippen LogP contribution in [0.4, 0.5) is 0 Å². The Morgan fingerprint density at radius 1 is 1.60 bits per heavy atom. The van der Waals surface area contributed by atoms with Gasteiger partial charge >= 0.3 is 5.97 Å². The Morgan fingerprint density at radius 2 is 2.00 bits per heavy atom. The molecule has 10 heavy (non-hydrogen) atoms. The van der Waals surface area contributed by atoms with Crippen LogP contribution >= 0.6 is 0 Å². The van der Waals surface area contributed by atoms with Gasteiger partial charge in [0.25, 0.3) is 0 Å². The lowest BCUT2D eigenvalue weighted by molar-refractivity contribution is -0.133. The smallest absolute Gasteiger partial charge is 0.331 e. The van der Waals surface area contributed by atoms with Crippen molar-refractivity contribution in [3.05, 3.63) is 11.6 Å². The predicted octanol–water partition coefficient (Wildman–Crippen LogP) is 0.581. The molecule has 0 unspecified atom stereocenters. The van der Waals surface area contributed by atoms with Gasteiger partial charge in [0.2, 0.25) is 0 Å². The fourth-order valence-electron chi connectivity index (χ4n) is 0.877. The van der Waals surface area contributed by atoms with E-state index in [9.17, 15) is 4.79 Å². The van der Waals surface area contributed by atoms with E-state index in [2.05, 4.69) is 0 Å². The topological polar surface area (TPSA) is 37.3 Å². The standard InChI is InChI=1S/C7H14O2Si/c1-4-5(6(8)9)7(2,3)10/h4H,1-3,10H3,(H,8,9). The number of aliphatic carboxylic acids is 1. The molecule has 0 saturated carbocycles. The van der Waals surface area contributed by atoms with E-state index in [0.717, 1.165) is 10.2 Å². The Hall–Kier alpha value is -0.573. The van der Waals surface area contributed by atoms with E-state index in [1.54, 1.807) is 13.0 Å². The van der Waals surface area contributed by atoms with Crippen molar-refractivity contribution in [3.8, 4) is 0 Å². The van der Waals surface area contributed by atoms with Crippen molar-refractivity contribution >= 4 is 16.2 Å². The summed E-state index contributed by atoms with van der Waals surface area (Å²) in [5.41, 5.74) is 0.527. The molecule has 0 aliphatic heterocycles. The van der Waals surface area contributed by atoms with Gasteiger partial charge in [-0.15, -0.1) is 0 Å². The van der Waals surface area contributed by atoms with Gasteiger partial charge in [-0.1, -0.05) is 19.9 Å². The highest BCUT2D eigenvalue weighted by molar-refractivity contribution is 6.20. The Morgan fingerprint density at radius 3 is 2.00 bits per heavy atom. The second-order valence-electron chi connectivity index (χ2n) is 3.26. The highest BCUT2D eigenvalue weighted by atomic mass is 28.1. The van der Waals surface area contributed by atoms with E-state index < -0.39 is 5.97 Å². The summed E-state index contributed by atoms with van der Waals surface area (Å²) in [7, 11) is 0.870. The third-order valence-electron chi connectivity index (χ3n) is 1.33.